The summed E-state index contributed by atoms with van der Waals surface area (Å²) in [5, 5.41) is 13.1. The van der Waals surface area contributed by atoms with Crippen LogP contribution in [-0.4, -0.2) is 23.8 Å². The minimum absolute atomic E-state index is 0.0426. The van der Waals surface area contributed by atoms with E-state index in [1.807, 2.05) is 0 Å². The van der Waals surface area contributed by atoms with Gasteiger partial charge < -0.3 is 9.47 Å². The predicted molar refractivity (Wildman–Crippen MR) is 84.9 cm³/mol. The zero-order valence-corrected chi connectivity index (χ0v) is 13.2. The molecule has 0 aliphatic carbocycles. The van der Waals surface area contributed by atoms with Crippen LogP contribution in [0.15, 0.2) is 48.5 Å². The molecule has 26 heavy (non-hydrogen) atoms. The highest BCUT2D eigenvalue weighted by molar-refractivity contribution is 5.85. The molecular formula is C16H13F3N2O5. The van der Waals surface area contributed by atoms with Crippen molar-refractivity contribution in [3.63, 3.8) is 0 Å². The van der Waals surface area contributed by atoms with Gasteiger partial charge in [-0.3, -0.25) is 15.4 Å². The van der Waals surface area contributed by atoms with Crippen molar-refractivity contribution < 1.29 is 32.4 Å². The molecule has 0 spiro atoms. The van der Waals surface area contributed by atoms with Crippen molar-refractivity contribution in [2.45, 2.75) is 12.8 Å². The Morgan fingerprint density at radius 2 is 1.85 bits per heavy atom. The van der Waals surface area contributed by atoms with E-state index in [4.69, 9.17) is 4.74 Å². The number of nitrogens with one attached hydrogen (secondary N) is 1. The second-order valence-corrected chi connectivity index (χ2v) is 5.06. The summed E-state index contributed by atoms with van der Waals surface area (Å²) < 4.78 is 46.1. The first-order valence-electron chi connectivity index (χ1n) is 7.20. The van der Waals surface area contributed by atoms with Crippen LogP contribution >= 0.6 is 0 Å². The number of alkyl halides is 3. The van der Waals surface area contributed by atoms with E-state index in [2.05, 4.69) is 10.1 Å². The van der Waals surface area contributed by atoms with E-state index in [0.717, 1.165) is 23.8 Å². The summed E-state index contributed by atoms with van der Waals surface area (Å²) in [4.78, 5) is 21.8. The molecule has 138 valence electrons. The first-order valence-corrected chi connectivity index (χ1v) is 7.20. The molecule has 0 aliphatic heterocycles. The summed E-state index contributed by atoms with van der Waals surface area (Å²) in [5.41, 5.74) is 0.0494. The van der Waals surface area contributed by atoms with E-state index in [-0.39, 0.29) is 12.3 Å². The van der Waals surface area contributed by atoms with Gasteiger partial charge in [-0.25, -0.2) is 4.79 Å². The number of carbonyl (C=O) groups excluding carboxylic acids is 1. The number of anilines is 1. The molecule has 0 fully saturated rings. The van der Waals surface area contributed by atoms with E-state index in [1.165, 1.54) is 0 Å². The number of benzene rings is 2. The normalized spacial score (nSPS) is 10.9. The Kier molecular flexibility index (Phi) is 5.99. The minimum atomic E-state index is -4.60. The summed E-state index contributed by atoms with van der Waals surface area (Å²) in [7, 11) is 0. The molecule has 0 aliphatic rings. The van der Waals surface area contributed by atoms with Gasteiger partial charge in [0.05, 0.1) is 16.7 Å². The molecule has 0 aromatic heterocycles. The lowest BCUT2D eigenvalue weighted by Crippen LogP contribution is -2.19. The molecule has 7 nitrogen and oxygen atoms in total. The molecule has 0 atom stereocenters. The fraction of sp³-hybridized carbons (Fsp3) is 0.188. The molecule has 0 unspecified atom stereocenters. The summed E-state index contributed by atoms with van der Waals surface area (Å²) >= 11 is 0. The van der Waals surface area contributed by atoms with E-state index in [9.17, 15) is 28.1 Å². The molecule has 2 aromatic carbocycles. The lowest BCUT2D eigenvalue weighted by Gasteiger charge is -2.11. The van der Waals surface area contributed by atoms with Crippen molar-refractivity contribution in [2.75, 3.05) is 11.9 Å². The molecule has 1 amide bonds. The Morgan fingerprint density at radius 1 is 1.15 bits per heavy atom. The van der Waals surface area contributed by atoms with Crippen LogP contribution in [0.4, 0.5) is 29.3 Å². The maximum absolute atomic E-state index is 12.2. The van der Waals surface area contributed by atoms with E-state index in [0.29, 0.717) is 0 Å². The zero-order chi connectivity index (χ0) is 19.2. The highest BCUT2D eigenvalue weighted by atomic mass is 19.4. The van der Waals surface area contributed by atoms with Crippen LogP contribution in [0.3, 0.4) is 0 Å². The quantitative estimate of drug-likeness (QED) is 0.605. The smallest absolute Gasteiger partial charge is 0.422 e. The molecule has 0 bridgehead atoms. The highest BCUT2D eigenvalue weighted by Gasteiger charge is 2.28. The number of hydrogen-bond donors (Lipinski definition) is 1. The summed E-state index contributed by atoms with van der Waals surface area (Å²) in [6.07, 6.45) is -5.52. The van der Waals surface area contributed by atoms with Gasteiger partial charge in [-0.05, 0) is 5.56 Å². The summed E-state index contributed by atoms with van der Waals surface area (Å²) in [6.45, 7) is -1.66. The third-order valence-corrected chi connectivity index (χ3v) is 2.96. The van der Waals surface area contributed by atoms with Crippen LogP contribution in [0.1, 0.15) is 5.56 Å². The number of non-ortho nitro benzene ring substituents is 1. The van der Waals surface area contributed by atoms with Gasteiger partial charge in [-0.2, -0.15) is 13.2 Å². The Balaban J connectivity index is 2.05. The number of nitro groups is 1. The van der Waals surface area contributed by atoms with E-state index in [1.54, 1.807) is 30.3 Å². The molecule has 0 saturated carbocycles. The molecule has 0 heterocycles. The molecule has 2 aromatic rings. The van der Waals surface area contributed by atoms with Crippen molar-refractivity contribution in [3.8, 4) is 5.75 Å². The van der Waals surface area contributed by atoms with Crippen LogP contribution in [0, 0.1) is 10.1 Å². The number of nitro benzene ring substituents is 1. The van der Waals surface area contributed by atoms with Crippen LogP contribution in [0.2, 0.25) is 0 Å². The number of amides is 1. The molecule has 0 saturated heterocycles. The SMILES string of the molecule is O=C(Nc1cc(OCC(F)(F)F)cc([N+](=O)[O-])c1)OCc1ccccc1. The second-order valence-electron chi connectivity index (χ2n) is 5.06. The van der Waals surface area contributed by atoms with Gasteiger partial charge in [0.15, 0.2) is 6.61 Å². The van der Waals surface area contributed by atoms with Gasteiger partial charge in [-0.15, -0.1) is 0 Å². The maximum Gasteiger partial charge on any atom is 0.422 e. The first kappa shape index (κ1) is 19.0. The second kappa shape index (κ2) is 8.19. The number of rotatable bonds is 6. The standard InChI is InChI=1S/C16H13F3N2O5/c17-16(18,19)10-26-14-7-12(6-13(8-14)21(23)24)20-15(22)25-9-11-4-2-1-3-5-11/h1-8H,9-10H2,(H,20,22). The Labute approximate surface area is 145 Å². The number of carbonyl (C=O) groups is 1. The fourth-order valence-electron chi connectivity index (χ4n) is 1.89. The molecule has 10 heteroatoms. The average Bonchev–Trinajstić information content (AvgIpc) is 2.58. The van der Waals surface area contributed by atoms with Gasteiger partial charge >= 0.3 is 12.3 Å². The molecule has 0 radical (unpaired) electrons. The van der Waals surface area contributed by atoms with Crippen molar-refractivity contribution in [1.29, 1.82) is 0 Å². The number of ether oxygens (including phenoxy) is 2. The number of halogens is 3. The predicted octanol–water partition coefficient (Wildman–Crippen LogP) is 4.28. The lowest BCUT2D eigenvalue weighted by molar-refractivity contribution is -0.384. The number of nitrogens with zero attached hydrogens (tertiary/aromatic N) is 1. The van der Waals surface area contributed by atoms with Crippen LogP contribution in [-0.2, 0) is 11.3 Å². The maximum atomic E-state index is 12.2. The Bertz CT molecular complexity index is 781. The van der Waals surface area contributed by atoms with Gasteiger partial charge in [0.2, 0.25) is 0 Å². The molecule has 2 rings (SSSR count). The van der Waals surface area contributed by atoms with Crippen LogP contribution in [0.5, 0.6) is 5.75 Å². The van der Waals surface area contributed by atoms with Crippen molar-refractivity contribution in [1.82, 2.24) is 0 Å². The van der Waals surface area contributed by atoms with Crippen LogP contribution < -0.4 is 10.1 Å². The third-order valence-electron chi connectivity index (χ3n) is 2.96. The zero-order valence-electron chi connectivity index (χ0n) is 13.2. The van der Waals surface area contributed by atoms with Crippen molar-refractivity contribution >= 4 is 17.5 Å². The minimum Gasteiger partial charge on any atom is -0.484 e. The molecule has 1 N–H and O–H groups in total. The lowest BCUT2D eigenvalue weighted by atomic mass is 10.2. The van der Waals surface area contributed by atoms with E-state index < -0.39 is 35.2 Å². The molecular weight excluding hydrogens is 357 g/mol. The van der Waals surface area contributed by atoms with Crippen molar-refractivity contribution in [3.05, 3.63) is 64.2 Å². The topological polar surface area (TPSA) is 90.7 Å². The first-order chi connectivity index (χ1) is 12.2. The van der Waals surface area contributed by atoms with Gasteiger partial charge in [-0.1, -0.05) is 30.3 Å². The largest absolute Gasteiger partial charge is 0.484 e. The van der Waals surface area contributed by atoms with Gasteiger partial charge in [0, 0.05) is 12.1 Å². The summed E-state index contributed by atoms with van der Waals surface area (Å²) in [6, 6.07) is 11.6. The van der Waals surface area contributed by atoms with Gasteiger partial charge in [0.1, 0.15) is 12.4 Å². The van der Waals surface area contributed by atoms with Gasteiger partial charge in [0.25, 0.3) is 5.69 Å². The van der Waals surface area contributed by atoms with Crippen molar-refractivity contribution in [2.24, 2.45) is 0 Å². The van der Waals surface area contributed by atoms with Crippen LogP contribution in [0.25, 0.3) is 0 Å². The Morgan fingerprint density at radius 3 is 2.46 bits per heavy atom. The highest BCUT2D eigenvalue weighted by Crippen LogP contribution is 2.27. The third kappa shape index (κ3) is 6.30. The fourth-order valence-corrected chi connectivity index (χ4v) is 1.89. The summed E-state index contributed by atoms with van der Waals surface area (Å²) in [5.74, 6) is -0.408. The monoisotopic (exact) mass is 370 g/mol. The van der Waals surface area contributed by atoms with E-state index >= 15 is 0 Å². The average molecular weight is 370 g/mol. The Hall–Kier alpha value is -3.30. The number of hydrogen-bond acceptors (Lipinski definition) is 5.